The van der Waals surface area contributed by atoms with E-state index < -0.39 is 48.2 Å². The molecule has 2 aromatic rings. The lowest BCUT2D eigenvalue weighted by molar-refractivity contribution is -0.165. The zero-order valence-electron chi connectivity index (χ0n) is 29.1. The van der Waals surface area contributed by atoms with Crippen molar-refractivity contribution in [1.29, 1.82) is 5.41 Å². The summed E-state index contributed by atoms with van der Waals surface area (Å²) in [6.45, 7) is 5.36. The van der Waals surface area contributed by atoms with E-state index in [0.717, 1.165) is 41.7 Å². The van der Waals surface area contributed by atoms with Crippen LogP contribution in [0.3, 0.4) is 0 Å². The fourth-order valence-corrected chi connectivity index (χ4v) is 5.35. The summed E-state index contributed by atoms with van der Waals surface area (Å²) in [6, 6.07) is 15.5. The number of nitrogens with zero attached hydrogens (tertiary/aromatic N) is 1. The second-order valence-corrected chi connectivity index (χ2v) is 12.0. The Labute approximate surface area is 301 Å². The van der Waals surface area contributed by atoms with E-state index in [1.807, 2.05) is 48.5 Å². The highest BCUT2D eigenvalue weighted by Crippen LogP contribution is 2.21. The molecule has 0 aromatic heterocycles. The van der Waals surface area contributed by atoms with Crippen LogP contribution in [0.25, 0.3) is 0 Å². The molecule has 13 nitrogen and oxygen atoms in total. The van der Waals surface area contributed by atoms with E-state index in [0.29, 0.717) is 32.6 Å². The summed E-state index contributed by atoms with van der Waals surface area (Å²) >= 11 is 0. The second kappa shape index (κ2) is 23.2. The molecule has 6 N–H and O–H groups in total. The number of carbonyl (C=O) groups is 4. The van der Waals surface area contributed by atoms with Crippen molar-refractivity contribution in [3.63, 3.8) is 0 Å². The Kier molecular flexibility index (Phi) is 19.5. The van der Waals surface area contributed by atoms with Gasteiger partial charge >= 0.3 is 6.09 Å². The van der Waals surface area contributed by atoms with E-state index in [1.54, 1.807) is 12.1 Å². The van der Waals surface area contributed by atoms with Gasteiger partial charge in [-0.2, -0.15) is 0 Å². The highest BCUT2D eigenvalue weighted by molar-refractivity contribution is 6.01. The van der Waals surface area contributed by atoms with Crippen LogP contribution in [0.15, 0.2) is 60.7 Å². The lowest BCUT2D eigenvalue weighted by Gasteiger charge is -2.31. The van der Waals surface area contributed by atoms with Gasteiger partial charge in [0.05, 0.1) is 6.04 Å². The van der Waals surface area contributed by atoms with Crippen LogP contribution in [0.1, 0.15) is 76.3 Å². The Bertz CT molecular complexity index is 1330. The Morgan fingerprint density at radius 1 is 0.920 bits per heavy atom. The van der Waals surface area contributed by atoms with Gasteiger partial charge in [0, 0.05) is 32.6 Å². The molecule has 1 heterocycles. The van der Waals surface area contributed by atoms with Gasteiger partial charge in [0.25, 0.3) is 0 Å². The summed E-state index contributed by atoms with van der Waals surface area (Å²) in [5.74, 6) is -1.76. The number of guanidine groups is 1. The van der Waals surface area contributed by atoms with Crippen LogP contribution < -0.4 is 21.7 Å². The molecule has 0 unspecified atom stereocenters. The summed E-state index contributed by atoms with van der Waals surface area (Å²) in [5.41, 5.74) is 7.01. The van der Waals surface area contributed by atoms with Crippen molar-refractivity contribution in [2.45, 2.75) is 103 Å². The first-order chi connectivity index (χ1) is 23.7. The molecule has 0 radical (unpaired) electrons. The molecule has 50 heavy (non-hydrogen) atoms. The summed E-state index contributed by atoms with van der Waals surface area (Å²) in [4.78, 5) is 54.5. The number of amides is 4. The fraction of sp³-hybridized carbons (Fsp3) is 0.528. The standard InChI is InChI=1S/C36H52N6O7.ClH/c1-3-5-22-47-34(48-23-6-4-2)28(18-13-21-39-35(37)38)40-32(44)29(24-26-14-9-7-10-15-26)41-33(45)30-19-20-31(43)42(30)36(46)49-25-27-16-11-8-12-17-27;/h7-12,14-17,28-30,34H,3-6,13,18-25H2,1-2H3,(H,40,44)(H,41,45)(H4,37,38,39);1H/t28-,29-,30-;/m0./s1. The zero-order chi connectivity index (χ0) is 35.4. The third-order valence-corrected chi connectivity index (χ3v) is 8.06. The molecule has 0 bridgehead atoms. The van der Waals surface area contributed by atoms with Gasteiger partial charge in [-0.05, 0) is 43.2 Å². The van der Waals surface area contributed by atoms with Crippen molar-refractivity contribution >= 4 is 42.2 Å². The average molecular weight is 717 g/mol. The van der Waals surface area contributed by atoms with E-state index in [1.165, 1.54) is 0 Å². The highest BCUT2D eigenvalue weighted by Gasteiger charge is 2.42. The van der Waals surface area contributed by atoms with Gasteiger partial charge in [-0.1, -0.05) is 87.4 Å². The molecule has 0 saturated carbocycles. The third-order valence-electron chi connectivity index (χ3n) is 8.06. The van der Waals surface area contributed by atoms with Crippen molar-refractivity contribution in [2.75, 3.05) is 19.8 Å². The van der Waals surface area contributed by atoms with Gasteiger partial charge in [0.15, 0.2) is 12.2 Å². The Morgan fingerprint density at radius 2 is 1.52 bits per heavy atom. The van der Waals surface area contributed by atoms with Crippen LogP contribution in [-0.4, -0.2) is 78.8 Å². The number of unbranched alkanes of at least 4 members (excludes halogenated alkanes) is 2. The number of hydrogen-bond acceptors (Lipinski definition) is 8. The molecule has 2 aromatic carbocycles. The predicted octanol–water partition coefficient (Wildman–Crippen LogP) is 4.17. The molecule has 14 heteroatoms. The van der Waals surface area contributed by atoms with Crippen LogP contribution in [-0.2, 0) is 41.6 Å². The SMILES string of the molecule is CCCCOC(OCCCC)[C@H](CCCNC(=N)N)NC(=O)[C@H](Cc1ccccc1)NC(=O)[C@@H]1CCC(=O)N1C(=O)OCc1ccccc1.Cl. The maximum Gasteiger partial charge on any atom is 0.417 e. The number of nitrogens with two attached hydrogens (primary N) is 1. The molecule has 4 amide bonds. The fourth-order valence-electron chi connectivity index (χ4n) is 5.35. The van der Waals surface area contributed by atoms with Gasteiger partial charge in [0.2, 0.25) is 17.7 Å². The first-order valence-electron chi connectivity index (χ1n) is 17.2. The molecule has 0 spiro atoms. The predicted molar refractivity (Wildman–Crippen MR) is 192 cm³/mol. The number of imide groups is 1. The smallest absolute Gasteiger partial charge is 0.417 e. The molecule has 3 rings (SSSR count). The first kappa shape index (κ1) is 42.0. The first-order valence-corrected chi connectivity index (χ1v) is 17.2. The number of likely N-dealkylation sites (tertiary alicyclic amines) is 1. The van der Waals surface area contributed by atoms with Gasteiger partial charge < -0.3 is 35.9 Å². The van der Waals surface area contributed by atoms with Crippen LogP contribution in [0, 0.1) is 5.41 Å². The minimum Gasteiger partial charge on any atom is -0.444 e. The van der Waals surface area contributed by atoms with Crippen molar-refractivity contribution in [3.8, 4) is 0 Å². The number of rotatable bonds is 21. The highest BCUT2D eigenvalue weighted by atomic mass is 35.5. The number of benzene rings is 2. The third kappa shape index (κ3) is 14.3. The van der Waals surface area contributed by atoms with Gasteiger partial charge in [-0.3, -0.25) is 19.8 Å². The number of nitrogens with one attached hydrogen (secondary N) is 4. The summed E-state index contributed by atoms with van der Waals surface area (Å²) in [5, 5.41) is 16.2. The number of hydrogen-bond donors (Lipinski definition) is 5. The van der Waals surface area contributed by atoms with E-state index in [4.69, 9.17) is 25.4 Å². The monoisotopic (exact) mass is 716 g/mol. The normalized spacial score (nSPS) is 15.1. The average Bonchev–Trinajstić information content (AvgIpc) is 3.49. The van der Waals surface area contributed by atoms with Crippen LogP contribution in [0.2, 0.25) is 0 Å². The van der Waals surface area contributed by atoms with Crippen LogP contribution in [0.5, 0.6) is 0 Å². The Balaban J connectivity index is 0.00000867. The van der Waals surface area contributed by atoms with E-state index in [2.05, 4.69) is 29.8 Å². The lowest BCUT2D eigenvalue weighted by Crippen LogP contribution is -2.57. The maximum absolute atomic E-state index is 14.1. The van der Waals surface area contributed by atoms with Crippen LogP contribution in [0.4, 0.5) is 4.79 Å². The summed E-state index contributed by atoms with van der Waals surface area (Å²) < 4.78 is 17.6. The molecule has 276 valence electrons. The molecule has 1 aliphatic rings. The Hall–Kier alpha value is -4.20. The van der Waals surface area contributed by atoms with E-state index >= 15 is 0 Å². The van der Waals surface area contributed by atoms with E-state index in [-0.39, 0.29) is 44.2 Å². The van der Waals surface area contributed by atoms with Gasteiger partial charge in [-0.15, -0.1) is 12.4 Å². The minimum absolute atomic E-state index is 0. The van der Waals surface area contributed by atoms with Crippen molar-refractivity contribution in [2.24, 2.45) is 5.73 Å². The van der Waals surface area contributed by atoms with Gasteiger partial charge in [-0.25, -0.2) is 9.69 Å². The summed E-state index contributed by atoms with van der Waals surface area (Å²) in [6.07, 6.45) is 3.09. The minimum atomic E-state index is -1.13. The molecular weight excluding hydrogens is 664 g/mol. The molecule has 1 fully saturated rings. The maximum atomic E-state index is 14.1. The largest absolute Gasteiger partial charge is 0.444 e. The molecule has 1 saturated heterocycles. The molecular formula is C36H53ClN6O7. The second-order valence-electron chi connectivity index (χ2n) is 12.0. The zero-order valence-corrected chi connectivity index (χ0v) is 29.9. The molecule has 0 aliphatic carbocycles. The number of carbonyl (C=O) groups excluding carboxylic acids is 4. The van der Waals surface area contributed by atoms with Crippen molar-refractivity contribution in [1.82, 2.24) is 20.9 Å². The van der Waals surface area contributed by atoms with Crippen molar-refractivity contribution < 1.29 is 33.4 Å². The van der Waals surface area contributed by atoms with Crippen LogP contribution >= 0.6 is 12.4 Å². The van der Waals surface area contributed by atoms with Crippen molar-refractivity contribution in [3.05, 3.63) is 71.8 Å². The van der Waals surface area contributed by atoms with Gasteiger partial charge in [0.1, 0.15) is 18.7 Å². The molecule has 1 aliphatic heterocycles. The lowest BCUT2D eigenvalue weighted by atomic mass is 10.0. The molecule has 3 atom stereocenters. The quantitative estimate of drug-likeness (QED) is 0.0547. The Morgan fingerprint density at radius 3 is 2.10 bits per heavy atom. The number of ether oxygens (including phenoxy) is 3. The topological polar surface area (TPSA) is 185 Å². The summed E-state index contributed by atoms with van der Waals surface area (Å²) in [7, 11) is 0. The number of halogens is 1. The van der Waals surface area contributed by atoms with E-state index in [9.17, 15) is 19.2 Å².